The highest BCUT2D eigenvalue weighted by atomic mass is 16.1. The highest BCUT2D eigenvalue weighted by molar-refractivity contribution is 5.82. The van der Waals surface area contributed by atoms with Crippen LogP contribution in [-0.2, 0) is 17.8 Å². The molecule has 0 saturated heterocycles. The zero-order chi connectivity index (χ0) is 14.5. The van der Waals surface area contributed by atoms with E-state index in [4.69, 9.17) is 5.73 Å². The molecule has 0 fully saturated rings. The standard InChI is InChI=1S/C16H23N3O/c1-3-19-15-10-5-4-9-14(15)18-16(19)11-13(20)8-6-7-12(2)17/h4-5,9-10,12H,3,6-8,11,17H2,1-2H3. The number of aromatic nitrogens is 2. The lowest BCUT2D eigenvalue weighted by atomic mass is 10.1. The van der Waals surface area contributed by atoms with Gasteiger partial charge in [-0.1, -0.05) is 12.1 Å². The van der Waals surface area contributed by atoms with E-state index in [2.05, 4.69) is 22.5 Å². The third-order valence-electron chi connectivity index (χ3n) is 3.52. The van der Waals surface area contributed by atoms with Gasteiger partial charge in [0, 0.05) is 19.0 Å². The third kappa shape index (κ3) is 3.45. The quantitative estimate of drug-likeness (QED) is 0.843. The second-order valence-electron chi connectivity index (χ2n) is 5.35. The van der Waals surface area contributed by atoms with Gasteiger partial charge in [0.05, 0.1) is 17.5 Å². The van der Waals surface area contributed by atoms with Crippen LogP contribution in [0.4, 0.5) is 0 Å². The number of benzene rings is 1. The summed E-state index contributed by atoms with van der Waals surface area (Å²) in [6.45, 7) is 4.89. The first-order valence-corrected chi connectivity index (χ1v) is 7.33. The zero-order valence-electron chi connectivity index (χ0n) is 12.3. The van der Waals surface area contributed by atoms with Gasteiger partial charge in [0.1, 0.15) is 11.6 Å². The van der Waals surface area contributed by atoms with Gasteiger partial charge in [0.15, 0.2) is 0 Å². The van der Waals surface area contributed by atoms with Crippen molar-refractivity contribution in [1.29, 1.82) is 0 Å². The van der Waals surface area contributed by atoms with Crippen LogP contribution < -0.4 is 5.73 Å². The Morgan fingerprint density at radius 2 is 2.15 bits per heavy atom. The molecule has 2 aromatic rings. The van der Waals surface area contributed by atoms with E-state index in [9.17, 15) is 4.79 Å². The molecule has 1 atom stereocenters. The molecule has 2 N–H and O–H groups in total. The average Bonchev–Trinajstić information content (AvgIpc) is 2.75. The summed E-state index contributed by atoms with van der Waals surface area (Å²) < 4.78 is 2.12. The summed E-state index contributed by atoms with van der Waals surface area (Å²) in [7, 11) is 0. The Morgan fingerprint density at radius 1 is 1.40 bits per heavy atom. The van der Waals surface area contributed by atoms with Gasteiger partial charge in [0.25, 0.3) is 0 Å². The second-order valence-corrected chi connectivity index (χ2v) is 5.35. The fourth-order valence-corrected chi connectivity index (χ4v) is 2.50. The summed E-state index contributed by atoms with van der Waals surface area (Å²) >= 11 is 0. The minimum Gasteiger partial charge on any atom is -0.328 e. The van der Waals surface area contributed by atoms with Crippen molar-refractivity contribution < 1.29 is 4.79 Å². The van der Waals surface area contributed by atoms with Crippen molar-refractivity contribution >= 4 is 16.8 Å². The predicted octanol–water partition coefficient (Wildman–Crippen LogP) is 2.69. The molecular weight excluding hydrogens is 250 g/mol. The molecule has 20 heavy (non-hydrogen) atoms. The number of hydrogen-bond acceptors (Lipinski definition) is 3. The topological polar surface area (TPSA) is 60.9 Å². The van der Waals surface area contributed by atoms with E-state index in [1.165, 1.54) is 0 Å². The van der Waals surface area contributed by atoms with Crippen LogP contribution in [0.2, 0.25) is 0 Å². The molecule has 0 aliphatic carbocycles. The van der Waals surface area contributed by atoms with Crippen LogP contribution >= 0.6 is 0 Å². The van der Waals surface area contributed by atoms with Crippen LogP contribution in [0.15, 0.2) is 24.3 Å². The lowest BCUT2D eigenvalue weighted by Gasteiger charge is -2.06. The van der Waals surface area contributed by atoms with Crippen LogP contribution in [0, 0.1) is 0 Å². The molecule has 4 nitrogen and oxygen atoms in total. The highest BCUT2D eigenvalue weighted by Gasteiger charge is 2.12. The molecule has 108 valence electrons. The summed E-state index contributed by atoms with van der Waals surface area (Å²) in [4.78, 5) is 16.6. The Kier molecular flexibility index (Phi) is 4.90. The van der Waals surface area contributed by atoms with Crippen LogP contribution in [0.3, 0.4) is 0 Å². The van der Waals surface area contributed by atoms with Crippen molar-refractivity contribution in [3.05, 3.63) is 30.1 Å². The van der Waals surface area contributed by atoms with Gasteiger partial charge < -0.3 is 10.3 Å². The largest absolute Gasteiger partial charge is 0.328 e. The molecule has 1 heterocycles. The molecule has 4 heteroatoms. The second kappa shape index (κ2) is 6.66. The van der Waals surface area contributed by atoms with Gasteiger partial charge in [0.2, 0.25) is 0 Å². The fraction of sp³-hybridized carbons (Fsp3) is 0.500. The SMILES string of the molecule is CCn1c(CC(=O)CCCC(C)N)nc2ccccc21. The van der Waals surface area contributed by atoms with Crippen molar-refractivity contribution in [2.75, 3.05) is 0 Å². The third-order valence-corrected chi connectivity index (χ3v) is 3.52. The number of ketones is 1. The predicted molar refractivity (Wildman–Crippen MR) is 81.6 cm³/mol. The van der Waals surface area contributed by atoms with Crippen molar-refractivity contribution in [3.63, 3.8) is 0 Å². The average molecular weight is 273 g/mol. The number of rotatable bonds is 7. The Hall–Kier alpha value is -1.68. The lowest BCUT2D eigenvalue weighted by Crippen LogP contribution is -2.15. The normalized spacial score (nSPS) is 12.8. The van der Waals surface area contributed by atoms with E-state index in [1.807, 2.05) is 25.1 Å². The Morgan fingerprint density at radius 3 is 2.85 bits per heavy atom. The Labute approximate surface area is 120 Å². The summed E-state index contributed by atoms with van der Waals surface area (Å²) in [6.07, 6.45) is 2.77. The maximum absolute atomic E-state index is 12.0. The summed E-state index contributed by atoms with van der Waals surface area (Å²) in [6, 6.07) is 8.19. The van der Waals surface area contributed by atoms with Gasteiger partial charge in [-0.25, -0.2) is 4.98 Å². The molecule has 0 aliphatic rings. The van der Waals surface area contributed by atoms with E-state index in [1.54, 1.807) is 0 Å². The monoisotopic (exact) mass is 273 g/mol. The number of Topliss-reactive ketones (excluding diaryl/α,β-unsaturated/α-hetero) is 1. The molecule has 0 aliphatic heterocycles. The minimum absolute atomic E-state index is 0.169. The Bertz CT molecular complexity index is 586. The number of fused-ring (bicyclic) bond motifs is 1. The summed E-state index contributed by atoms with van der Waals surface area (Å²) in [5, 5.41) is 0. The molecule has 1 unspecified atom stereocenters. The van der Waals surface area contributed by atoms with Crippen molar-refractivity contribution in [2.24, 2.45) is 5.73 Å². The van der Waals surface area contributed by atoms with Crippen molar-refractivity contribution in [3.8, 4) is 0 Å². The van der Waals surface area contributed by atoms with Gasteiger partial charge in [-0.15, -0.1) is 0 Å². The fourth-order valence-electron chi connectivity index (χ4n) is 2.50. The number of imidazole rings is 1. The van der Waals surface area contributed by atoms with Gasteiger partial charge in [-0.05, 0) is 38.8 Å². The number of aryl methyl sites for hydroxylation is 1. The van der Waals surface area contributed by atoms with Crippen LogP contribution in [0.1, 0.15) is 38.9 Å². The molecule has 0 saturated carbocycles. The van der Waals surface area contributed by atoms with E-state index < -0.39 is 0 Å². The maximum Gasteiger partial charge on any atom is 0.140 e. The molecular formula is C16H23N3O. The first-order valence-electron chi connectivity index (χ1n) is 7.33. The van der Waals surface area contributed by atoms with Gasteiger partial charge in [-0.3, -0.25) is 4.79 Å². The van der Waals surface area contributed by atoms with Crippen LogP contribution in [0.5, 0.6) is 0 Å². The van der Waals surface area contributed by atoms with E-state index >= 15 is 0 Å². The molecule has 0 amide bonds. The van der Waals surface area contributed by atoms with Crippen LogP contribution in [-0.4, -0.2) is 21.4 Å². The van der Waals surface area contributed by atoms with E-state index in [-0.39, 0.29) is 11.8 Å². The minimum atomic E-state index is 0.169. The molecule has 2 rings (SSSR count). The van der Waals surface area contributed by atoms with Gasteiger partial charge in [-0.2, -0.15) is 0 Å². The number of nitrogens with zero attached hydrogens (tertiary/aromatic N) is 2. The molecule has 1 aromatic heterocycles. The number of carbonyl (C=O) groups is 1. The first kappa shape index (κ1) is 14.7. The highest BCUT2D eigenvalue weighted by Crippen LogP contribution is 2.17. The smallest absolute Gasteiger partial charge is 0.140 e. The van der Waals surface area contributed by atoms with Crippen molar-refractivity contribution in [1.82, 2.24) is 9.55 Å². The number of nitrogens with two attached hydrogens (primary N) is 1. The van der Waals surface area contributed by atoms with E-state index in [0.717, 1.165) is 36.2 Å². The summed E-state index contributed by atoms with van der Waals surface area (Å²) in [5.74, 6) is 1.12. The van der Waals surface area contributed by atoms with Crippen LogP contribution in [0.25, 0.3) is 11.0 Å². The molecule has 1 aromatic carbocycles. The first-order chi connectivity index (χ1) is 9.61. The Balaban J connectivity index is 2.07. The molecule has 0 bridgehead atoms. The summed E-state index contributed by atoms with van der Waals surface area (Å²) in [5.41, 5.74) is 7.77. The zero-order valence-corrected chi connectivity index (χ0v) is 12.3. The number of hydrogen-bond donors (Lipinski definition) is 1. The maximum atomic E-state index is 12.0. The number of para-hydroxylation sites is 2. The van der Waals surface area contributed by atoms with Gasteiger partial charge >= 0.3 is 0 Å². The lowest BCUT2D eigenvalue weighted by molar-refractivity contribution is -0.118. The molecule has 0 radical (unpaired) electrons. The van der Waals surface area contributed by atoms with Crippen molar-refractivity contribution in [2.45, 2.75) is 52.1 Å². The van der Waals surface area contributed by atoms with E-state index in [0.29, 0.717) is 12.8 Å². The molecule has 0 spiro atoms. The number of carbonyl (C=O) groups excluding carboxylic acids is 1.